The number of rotatable bonds is 0. The Balaban J connectivity index is 1.98. The van der Waals surface area contributed by atoms with E-state index in [1.807, 2.05) is 6.92 Å². The van der Waals surface area contributed by atoms with Crippen molar-refractivity contribution in [3.8, 4) is 0 Å². The molecule has 2 fully saturated rings. The quantitative estimate of drug-likeness (QED) is 0.550. The van der Waals surface area contributed by atoms with E-state index < -0.39 is 5.06 Å². The van der Waals surface area contributed by atoms with Gasteiger partial charge >= 0.3 is 0 Å². The minimum atomic E-state index is -0.477. The molecule has 3 rings (SSSR count). The fourth-order valence-corrected chi connectivity index (χ4v) is 3.90. The second-order valence-corrected chi connectivity index (χ2v) is 5.89. The Morgan fingerprint density at radius 2 is 2.23 bits per heavy atom. The molecule has 1 heterocycles. The Morgan fingerprint density at radius 1 is 1.54 bits per heavy atom. The summed E-state index contributed by atoms with van der Waals surface area (Å²) in [5.41, 5.74) is 1.56. The Morgan fingerprint density at radius 3 is 2.92 bits per heavy atom. The zero-order chi connectivity index (χ0) is 9.43. The van der Waals surface area contributed by atoms with E-state index >= 15 is 0 Å². The summed E-state index contributed by atoms with van der Waals surface area (Å²) in [7, 11) is 0. The molecule has 0 bridgehead atoms. The standard InChI is InChI=1S/C10H14ClNO/c1-5-7-8-6(9(8,2)3)4-10(7,11)13-12-5/h6-8H,4H2,1-3H3/t6-,7+,8-,10-/m1/s1. The maximum absolute atomic E-state index is 6.38. The lowest BCUT2D eigenvalue weighted by Gasteiger charge is -2.25. The van der Waals surface area contributed by atoms with Crippen LogP contribution in [0.15, 0.2) is 5.16 Å². The fraction of sp³-hybridized carbons (Fsp3) is 0.900. The van der Waals surface area contributed by atoms with Crippen molar-refractivity contribution in [2.24, 2.45) is 28.3 Å². The predicted molar refractivity (Wildman–Crippen MR) is 51.6 cm³/mol. The van der Waals surface area contributed by atoms with Crippen LogP contribution in [-0.2, 0) is 4.84 Å². The van der Waals surface area contributed by atoms with Gasteiger partial charge in [-0.15, -0.1) is 0 Å². The van der Waals surface area contributed by atoms with Gasteiger partial charge < -0.3 is 4.84 Å². The molecular formula is C10H14ClNO. The maximum atomic E-state index is 6.38. The molecule has 0 saturated heterocycles. The largest absolute Gasteiger partial charge is 0.372 e. The molecule has 1 aliphatic heterocycles. The number of nitrogens with zero attached hydrogens (tertiary/aromatic N) is 1. The van der Waals surface area contributed by atoms with E-state index in [0.717, 1.165) is 18.1 Å². The summed E-state index contributed by atoms with van der Waals surface area (Å²) in [4.78, 5) is 5.32. The Hall–Kier alpha value is -0.240. The molecule has 2 aliphatic carbocycles. The van der Waals surface area contributed by atoms with E-state index in [1.54, 1.807) is 0 Å². The molecule has 72 valence electrons. The van der Waals surface area contributed by atoms with Crippen molar-refractivity contribution in [3.63, 3.8) is 0 Å². The molecule has 3 aliphatic rings. The lowest BCUT2D eigenvalue weighted by Crippen LogP contribution is -2.32. The minimum absolute atomic E-state index is 0.370. The van der Waals surface area contributed by atoms with E-state index in [9.17, 15) is 0 Å². The van der Waals surface area contributed by atoms with E-state index in [4.69, 9.17) is 16.4 Å². The predicted octanol–water partition coefficient (Wildman–Crippen LogP) is 2.62. The minimum Gasteiger partial charge on any atom is -0.372 e. The van der Waals surface area contributed by atoms with E-state index in [1.165, 1.54) is 0 Å². The molecule has 0 radical (unpaired) electrons. The van der Waals surface area contributed by atoms with Crippen LogP contribution in [0.4, 0.5) is 0 Å². The number of halogens is 1. The molecule has 0 unspecified atom stereocenters. The highest BCUT2D eigenvalue weighted by molar-refractivity contribution is 6.25. The topological polar surface area (TPSA) is 21.6 Å². The third kappa shape index (κ3) is 0.746. The molecule has 0 amide bonds. The lowest BCUT2D eigenvalue weighted by atomic mass is 9.88. The molecule has 4 atom stereocenters. The summed E-state index contributed by atoms with van der Waals surface area (Å²) < 4.78 is 0. The van der Waals surface area contributed by atoms with Gasteiger partial charge in [0, 0.05) is 6.42 Å². The smallest absolute Gasteiger partial charge is 0.218 e. The average molecular weight is 200 g/mol. The molecule has 3 heteroatoms. The van der Waals surface area contributed by atoms with Gasteiger partial charge in [-0.1, -0.05) is 30.6 Å². The van der Waals surface area contributed by atoms with E-state index in [2.05, 4.69) is 19.0 Å². The van der Waals surface area contributed by atoms with Crippen LogP contribution in [0, 0.1) is 23.2 Å². The van der Waals surface area contributed by atoms with Gasteiger partial charge in [0.15, 0.2) is 0 Å². The maximum Gasteiger partial charge on any atom is 0.218 e. The van der Waals surface area contributed by atoms with Gasteiger partial charge in [0.05, 0.1) is 11.6 Å². The lowest BCUT2D eigenvalue weighted by molar-refractivity contribution is 0.0192. The zero-order valence-electron chi connectivity index (χ0n) is 8.17. The van der Waals surface area contributed by atoms with Gasteiger partial charge in [-0.2, -0.15) is 0 Å². The summed E-state index contributed by atoms with van der Waals surface area (Å²) >= 11 is 6.38. The molecule has 0 spiro atoms. The Labute approximate surface area is 83.3 Å². The van der Waals surface area contributed by atoms with Gasteiger partial charge in [-0.3, -0.25) is 0 Å². The number of fused-ring (bicyclic) bond motifs is 3. The summed E-state index contributed by atoms with van der Waals surface area (Å²) in [6.45, 7) is 6.68. The van der Waals surface area contributed by atoms with Crippen molar-refractivity contribution in [3.05, 3.63) is 0 Å². The highest BCUT2D eigenvalue weighted by Gasteiger charge is 2.75. The normalized spacial score (nSPS) is 55.1. The molecule has 0 aromatic rings. The highest BCUT2D eigenvalue weighted by atomic mass is 35.5. The number of hydrogen-bond donors (Lipinski definition) is 0. The molecule has 13 heavy (non-hydrogen) atoms. The average Bonchev–Trinajstić information content (AvgIpc) is 2.44. The van der Waals surface area contributed by atoms with Crippen molar-refractivity contribution in [2.45, 2.75) is 32.3 Å². The SMILES string of the molecule is CC1=NO[C@]2(Cl)C[C@@H]3[C@H]([C@H]12)C3(C)C. The third-order valence-electron chi connectivity index (χ3n) is 4.25. The van der Waals surface area contributed by atoms with Crippen LogP contribution < -0.4 is 0 Å². The fourth-order valence-electron chi connectivity index (χ4n) is 3.40. The summed E-state index contributed by atoms with van der Waals surface area (Å²) in [6.07, 6.45) is 0.970. The van der Waals surface area contributed by atoms with Gasteiger partial charge in [0.25, 0.3) is 0 Å². The van der Waals surface area contributed by atoms with Crippen molar-refractivity contribution < 1.29 is 4.84 Å². The van der Waals surface area contributed by atoms with Crippen molar-refractivity contribution in [1.29, 1.82) is 0 Å². The van der Waals surface area contributed by atoms with Crippen molar-refractivity contribution in [1.82, 2.24) is 0 Å². The second kappa shape index (κ2) is 1.90. The second-order valence-electron chi connectivity index (χ2n) is 5.25. The molecule has 2 saturated carbocycles. The Kier molecular flexibility index (Phi) is 1.18. The number of alkyl halides is 1. The highest BCUT2D eigenvalue weighted by Crippen LogP contribution is 2.74. The van der Waals surface area contributed by atoms with Crippen molar-refractivity contribution >= 4 is 17.3 Å². The monoisotopic (exact) mass is 199 g/mol. The summed E-state index contributed by atoms with van der Waals surface area (Å²) in [5, 5.41) is 3.54. The molecule has 0 aromatic heterocycles. The van der Waals surface area contributed by atoms with Gasteiger partial charge in [-0.25, -0.2) is 0 Å². The van der Waals surface area contributed by atoms with E-state index in [-0.39, 0.29) is 0 Å². The van der Waals surface area contributed by atoms with Crippen LogP contribution in [0.2, 0.25) is 0 Å². The van der Waals surface area contributed by atoms with Crippen LogP contribution >= 0.6 is 11.6 Å². The van der Waals surface area contributed by atoms with E-state index in [0.29, 0.717) is 17.3 Å². The van der Waals surface area contributed by atoms with Crippen LogP contribution in [0.1, 0.15) is 27.2 Å². The zero-order valence-corrected chi connectivity index (χ0v) is 8.93. The first kappa shape index (κ1) is 8.10. The molecule has 0 N–H and O–H groups in total. The number of oxime groups is 1. The molecule has 0 aromatic carbocycles. The first-order chi connectivity index (χ1) is 5.97. The Bertz CT molecular complexity index is 312. The van der Waals surface area contributed by atoms with Crippen LogP contribution in [0.25, 0.3) is 0 Å². The molecule has 2 nitrogen and oxygen atoms in total. The van der Waals surface area contributed by atoms with Gasteiger partial charge in [0.2, 0.25) is 5.06 Å². The first-order valence-corrected chi connectivity index (χ1v) is 5.26. The summed E-state index contributed by atoms with van der Waals surface area (Å²) in [6, 6.07) is 0. The summed E-state index contributed by atoms with van der Waals surface area (Å²) in [5.74, 6) is 1.82. The van der Waals surface area contributed by atoms with Gasteiger partial charge in [0.1, 0.15) is 0 Å². The van der Waals surface area contributed by atoms with Crippen LogP contribution in [0.5, 0.6) is 0 Å². The third-order valence-corrected chi connectivity index (χ3v) is 4.71. The number of hydrogen-bond acceptors (Lipinski definition) is 2. The van der Waals surface area contributed by atoms with Crippen LogP contribution in [0.3, 0.4) is 0 Å². The van der Waals surface area contributed by atoms with Crippen LogP contribution in [-0.4, -0.2) is 10.8 Å². The molecular weight excluding hydrogens is 186 g/mol. The van der Waals surface area contributed by atoms with Gasteiger partial charge in [-0.05, 0) is 24.2 Å². The van der Waals surface area contributed by atoms with Crippen molar-refractivity contribution in [2.75, 3.05) is 0 Å². The first-order valence-electron chi connectivity index (χ1n) is 4.88.